The number of hydrogen-bond acceptors (Lipinski definition) is 4. The van der Waals surface area contributed by atoms with E-state index < -0.39 is 10.0 Å². The molecule has 0 amide bonds. The van der Waals surface area contributed by atoms with E-state index in [2.05, 4.69) is 20.9 Å². The number of nitrogens with zero attached hydrogens (tertiary/aromatic N) is 2. The minimum absolute atomic E-state index is 0.0207. The van der Waals surface area contributed by atoms with E-state index in [0.29, 0.717) is 10.5 Å². The lowest BCUT2D eigenvalue weighted by Crippen LogP contribution is -2.21. The summed E-state index contributed by atoms with van der Waals surface area (Å²) in [4.78, 5) is 6.19. The lowest BCUT2D eigenvalue weighted by atomic mass is 10.4. The van der Waals surface area contributed by atoms with Crippen LogP contribution in [-0.2, 0) is 10.0 Å². The number of sulfonamides is 1. The SMILES string of the molecule is CN(c1ncc(S(N)(=O)=O)cc1Br)C1CC1. The molecule has 0 saturated heterocycles. The van der Waals surface area contributed by atoms with Crippen molar-refractivity contribution in [2.45, 2.75) is 23.8 Å². The van der Waals surface area contributed by atoms with E-state index in [9.17, 15) is 8.42 Å². The third-order valence-electron chi connectivity index (χ3n) is 2.55. The fraction of sp³-hybridized carbons (Fsp3) is 0.444. The number of rotatable bonds is 3. The van der Waals surface area contributed by atoms with E-state index in [1.165, 1.54) is 12.3 Å². The molecule has 0 aromatic carbocycles. The maximum absolute atomic E-state index is 11.1. The van der Waals surface area contributed by atoms with E-state index in [0.717, 1.165) is 18.7 Å². The van der Waals surface area contributed by atoms with Crippen molar-refractivity contribution >= 4 is 31.8 Å². The van der Waals surface area contributed by atoms with Crippen LogP contribution in [0.1, 0.15) is 12.8 Å². The van der Waals surface area contributed by atoms with Crippen molar-refractivity contribution in [2.75, 3.05) is 11.9 Å². The fourth-order valence-corrected chi connectivity index (χ4v) is 2.73. The van der Waals surface area contributed by atoms with E-state index >= 15 is 0 Å². The van der Waals surface area contributed by atoms with Crippen molar-refractivity contribution in [1.29, 1.82) is 0 Å². The van der Waals surface area contributed by atoms with Gasteiger partial charge in [-0.1, -0.05) is 0 Å². The van der Waals surface area contributed by atoms with Gasteiger partial charge in [0.05, 0.1) is 4.47 Å². The second-order valence-corrected chi connectivity index (χ2v) is 6.28. The lowest BCUT2D eigenvalue weighted by Gasteiger charge is -2.18. The molecule has 1 aromatic rings. The Bertz CT molecular complexity index is 513. The van der Waals surface area contributed by atoms with Crippen LogP contribution in [0.4, 0.5) is 5.82 Å². The molecule has 7 heteroatoms. The average Bonchev–Trinajstić information content (AvgIpc) is 2.98. The summed E-state index contributed by atoms with van der Waals surface area (Å²) in [6.07, 6.45) is 3.59. The molecule has 1 aliphatic carbocycles. The Morgan fingerprint density at radius 3 is 2.62 bits per heavy atom. The predicted molar refractivity (Wildman–Crippen MR) is 64.7 cm³/mol. The number of primary sulfonamides is 1. The third-order valence-corrected chi connectivity index (χ3v) is 4.02. The zero-order chi connectivity index (χ0) is 11.9. The van der Waals surface area contributed by atoms with Gasteiger partial charge in [0.15, 0.2) is 0 Å². The van der Waals surface area contributed by atoms with E-state index in [1.807, 2.05) is 11.9 Å². The molecule has 16 heavy (non-hydrogen) atoms. The Hall–Kier alpha value is -0.660. The number of nitrogens with two attached hydrogens (primary N) is 1. The Balaban J connectivity index is 2.36. The summed E-state index contributed by atoms with van der Waals surface area (Å²) in [5.41, 5.74) is 0. The predicted octanol–water partition coefficient (Wildman–Crippen LogP) is 1.09. The number of halogens is 1. The second-order valence-electron chi connectivity index (χ2n) is 3.86. The maximum Gasteiger partial charge on any atom is 0.239 e. The molecule has 1 aliphatic rings. The molecule has 0 unspecified atom stereocenters. The van der Waals surface area contributed by atoms with Crippen molar-refractivity contribution in [3.8, 4) is 0 Å². The summed E-state index contributed by atoms with van der Waals surface area (Å²) in [6, 6.07) is 2.00. The zero-order valence-electron chi connectivity index (χ0n) is 8.72. The monoisotopic (exact) mass is 305 g/mol. The van der Waals surface area contributed by atoms with Crippen molar-refractivity contribution < 1.29 is 8.42 Å². The van der Waals surface area contributed by atoms with Gasteiger partial charge in [-0.15, -0.1) is 0 Å². The molecule has 1 saturated carbocycles. The van der Waals surface area contributed by atoms with Gasteiger partial charge in [0.1, 0.15) is 10.7 Å². The fourth-order valence-electron chi connectivity index (χ4n) is 1.46. The summed E-state index contributed by atoms with van der Waals surface area (Å²) in [7, 11) is -1.74. The Morgan fingerprint density at radius 1 is 1.56 bits per heavy atom. The molecular formula is C9H12BrN3O2S. The minimum Gasteiger partial charge on any atom is -0.356 e. The van der Waals surface area contributed by atoms with Gasteiger partial charge in [0.2, 0.25) is 10.0 Å². The molecule has 88 valence electrons. The maximum atomic E-state index is 11.1. The molecule has 0 spiro atoms. The van der Waals surface area contributed by atoms with Crippen molar-refractivity contribution in [3.63, 3.8) is 0 Å². The molecule has 0 aliphatic heterocycles. The second kappa shape index (κ2) is 3.97. The summed E-state index contributed by atoms with van der Waals surface area (Å²) in [5.74, 6) is 0.745. The van der Waals surface area contributed by atoms with Crippen LogP contribution in [0.25, 0.3) is 0 Å². The van der Waals surface area contributed by atoms with Gasteiger partial charge in [0, 0.05) is 19.3 Å². The highest BCUT2D eigenvalue weighted by Crippen LogP contribution is 2.33. The van der Waals surface area contributed by atoms with Gasteiger partial charge in [-0.3, -0.25) is 0 Å². The van der Waals surface area contributed by atoms with Crippen LogP contribution >= 0.6 is 15.9 Å². The quantitative estimate of drug-likeness (QED) is 0.907. The standard InChI is InChI=1S/C9H12BrN3O2S/c1-13(6-2-3-6)9-8(10)4-7(5-12-9)16(11,14)15/h4-6H,2-3H2,1H3,(H2,11,14,15). The summed E-state index contributed by atoms with van der Waals surface area (Å²) in [6.45, 7) is 0. The smallest absolute Gasteiger partial charge is 0.239 e. The minimum atomic E-state index is -3.68. The summed E-state index contributed by atoms with van der Waals surface area (Å²) in [5, 5.41) is 5.02. The largest absolute Gasteiger partial charge is 0.356 e. The van der Waals surface area contributed by atoms with Gasteiger partial charge >= 0.3 is 0 Å². The van der Waals surface area contributed by atoms with Crippen LogP contribution < -0.4 is 10.0 Å². The van der Waals surface area contributed by atoms with Crippen LogP contribution in [0, 0.1) is 0 Å². The Kier molecular flexibility index (Phi) is 2.93. The van der Waals surface area contributed by atoms with Crippen LogP contribution in [0.3, 0.4) is 0 Å². The average molecular weight is 306 g/mol. The topological polar surface area (TPSA) is 76.3 Å². The molecule has 1 aromatic heterocycles. The molecule has 0 atom stereocenters. The van der Waals surface area contributed by atoms with Gasteiger partial charge in [-0.25, -0.2) is 18.5 Å². The highest BCUT2D eigenvalue weighted by atomic mass is 79.9. The first-order valence-corrected chi connectivity index (χ1v) is 7.14. The highest BCUT2D eigenvalue weighted by molar-refractivity contribution is 9.10. The lowest BCUT2D eigenvalue weighted by molar-refractivity contribution is 0.597. The molecule has 1 heterocycles. The highest BCUT2D eigenvalue weighted by Gasteiger charge is 2.28. The number of aromatic nitrogens is 1. The van der Waals surface area contributed by atoms with Gasteiger partial charge in [-0.2, -0.15) is 0 Å². The van der Waals surface area contributed by atoms with Crippen LogP contribution in [-0.4, -0.2) is 26.5 Å². The van der Waals surface area contributed by atoms with Crippen LogP contribution in [0.15, 0.2) is 21.6 Å². The van der Waals surface area contributed by atoms with Gasteiger partial charge < -0.3 is 4.90 Å². The molecular weight excluding hydrogens is 294 g/mol. The number of anilines is 1. The van der Waals surface area contributed by atoms with E-state index in [4.69, 9.17) is 5.14 Å². The first-order valence-electron chi connectivity index (χ1n) is 4.81. The first-order chi connectivity index (χ1) is 7.39. The van der Waals surface area contributed by atoms with Crippen molar-refractivity contribution in [1.82, 2.24) is 4.98 Å². The molecule has 0 radical (unpaired) electrons. The van der Waals surface area contributed by atoms with Crippen molar-refractivity contribution in [2.24, 2.45) is 5.14 Å². The van der Waals surface area contributed by atoms with E-state index in [-0.39, 0.29) is 4.90 Å². The third kappa shape index (κ3) is 2.36. The van der Waals surface area contributed by atoms with E-state index in [1.54, 1.807) is 0 Å². The first kappa shape index (κ1) is 11.8. The van der Waals surface area contributed by atoms with Crippen LogP contribution in [0.2, 0.25) is 0 Å². The molecule has 5 nitrogen and oxygen atoms in total. The summed E-state index contributed by atoms with van der Waals surface area (Å²) >= 11 is 3.31. The molecule has 0 bridgehead atoms. The van der Waals surface area contributed by atoms with Crippen LogP contribution in [0.5, 0.6) is 0 Å². The number of pyridine rings is 1. The Labute approximate surface area is 103 Å². The summed E-state index contributed by atoms with van der Waals surface area (Å²) < 4.78 is 22.9. The van der Waals surface area contributed by atoms with Gasteiger partial charge in [0.25, 0.3) is 0 Å². The number of hydrogen-bond donors (Lipinski definition) is 1. The molecule has 1 fully saturated rings. The van der Waals surface area contributed by atoms with Gasteiger partial charge in [-0.05, 0) is 34.8 Å². The Morgan fingerprint density at radius 2 is 2.19 bits per heavy atom. The normalized spacial score (nSPS) is 16.2. The zero-order valence-corrected chi connectivity index (χ0v) is 11.1. The molecule has 2 rings (SSSR count). The van der Waals surface area contributed by atoms with Crippen molar-refractivity contribution in [3.05, 3.63) is 16.7 Å². The molecule has 2 N–H and O–H groups in total.